The maximum atomic E-state index is 11.7. The molecular weight excluding hydrogens is 268 g/mol. The Morgan fingerprint density at radius 1 is 1.10 bits per heavy atom. The van der Waals surface area contributed by atoms with Crippen molar-refractivity contribution in [3.8, 4) is 0 Å². The van der Waals surface area contributed by atoms with Gasteiger partial charge in [0.25, 0.3) is 11.8 Å². The quantitative estimate of drug-likeness (QED) is 0.633. The number of benzene rings is 1. The van der Waals surface area contributed by atoms with Crippen LogP contribution in [0.5, 0.6) is 0 Å². The van der Waals surface area contributed by atoms with Crippen molar-refractivity contribution in [1.82, 2.24) is 15.7 Å². The highest BCUT2D eigenvalue weighted by atomic mass is 16.2. The molecule has 0 fully saturated rings. The van der Waals surface area contributed by atoms with E-state index in [-0.39, 0.29) is 12.5 Å². The number of carbonyl (C=O) groups excluding carboxylic acids is 2. The molecule has 1 aromatic carbocycles. The molecule has 0 radical (unpaired) electrons. The Balaban J connectivity index is 1.75. The average Bonchev–Trinajstić information content (AvgIpc) is 2.54. The van der Waals surface area contributed by atoms with Crippen LogP contribution in [0.3, 0.4) is 0 Å². The normalized spacial score (nSPS) is 10.3. The zero-order valence-electron chi connectivity index (χ0n) is 11.2. The monoisotopic (exact) mass is 282 g/mol. The molecule has 2 amide bonds. The molecule has 0 unspecified atom stereocenters. The Morgan fingerprint density at radius 2 is 1.81 bits per heavy atom. The molecule has 0 saturated carbocycles. The number of pyridine rings is 1. The van der Waals surface area contributed by atoms with Crippen molar-refractivity contribution in [2.45, 2.75) is 0 Å². The Hall–Kier alpha value is -3.02. The number of hydrogen-bond donors (Lipinski definition) is 2. The SMILES string of the molecule is O=C(CNC(=O)c1ccccc1)NN=Cc1ccncc1. The highest BCUT2D eigenvalue weighted by molar-refractivity contribution is 5.96. The third kappa shape index (κ3) is 4.87. The van der Waals surface area contributed by atoms with Gasteiger partial charge in [0.2, 0.25) is 0 Å². The van der Waals surface area contributed by atoms with Crippen molar-refractivity contribution in [3.63, 3.8) is 0 Å². The lowest BCUT2D eigenvalue weighted by atomic mass is 10.2. The highest BCUT2D eigenvalue weighted by Gasteiger charge is 2.06. The molecule has 6 nitrogen and oxygen atoms in total. The molecule has 0 aliphatic rings. The molecule has 0 saturated heterocycles. The van der Waals surface area contributed by atoms with Crippen LogP contribution >= 0.6 is 0 Å². The molecule has 2 N–H and O–H groups in total. The van der Waals surface area contributed by atoms with Crippen molar-refractivity contribution < 1.29 is 9.59 Å². The summed E-state index contributed by atoms with van der Waals surface area (Å²) in [4.78, 5) is 27.1. The zero-order chi connectivity index (χ0) is 14.9. The number of nitrogens with one attached hydrogen (secondary N) is 2. The van der Waals surface area contributed by atoms with Gasteiger partial charge in [0.15, 0.2) is 0 Å². The van der Waals surface area contributed by atoms with Crippen molar-refractivity contribution in [2.24, 2.45) is 5.10 Å². The van der Waals surface area contributed by atoms with Gasteiger partial charge in [0.1, 0.15) is 0 Å². The number of nitrogens with zero attached hydrogens (tertiary/aromatic N) is 2. The fourth-order valence-corrected chi connectivity index (χ4v) is 1.52. The van der Waals surface area contributed by atoms with E-state index in [2.05, 4.69) is 20.8 Å². The van der Waals surface area contributed by atoms with Crippen molar-refractivity contribution >= 4 is 18.0 Å². The first kappa shape index (κ1) is 14.4. The molecule has 0 aliphatic heterocycles. The van der Waals surface area contributed by atoms with Crippen LogP contribution in [0.25, 0.3) is 0 Å². The molecule has 0 bridgehead atoms. The minimum Gasteiger partial charge on any atom is -0.343 e. The Bertz CT molecular complexity index is 627. The van der Waals surface area contributed by atoms with Crippen molar-refractivity contribution in [1.29, 1.82) is 0 Å². The topological polar surface area (TPSA) is 83.5 Å². The molecule has 6 heteroatoms. The molecule has 1 aromatic heterocycles. The highest BCUT2D eigenvalue weighted by Crippen LogP contribution is 1.97. The maximum absolute atomic E-state index is 11.7. The summed E-state index contributed by atoms with van der Waals surface area (Å²) in [5, 5.41) is 6.30. The van der Waals surface area contributed by atoms with E-state index in [0.29, 0.717) is 5.56 Å². The van der Waals surface area contributed by atoms with E-state index in [9.17, 15) is 9.59 Å². The van der Waals surface area contributed by atoms with Crippen LogP contribution in [0, 0.1) is 0 Å². The van der Waals surface area contributed by atoms with Crippen molar-refractivity contribution in [3.05, 3.63) is 66.0 Å². The summed E-state index contributed by atoms with van der Waals surface area (Å²) in [6.07, 6.45) is 4.76. The van der Waals surface area contributed by atoms with Gasteiger partial charge < -0.3 is 5.32 Å². The summed E-state index contributed by atoms with van der Waals surface area (Å²) in [5.41, 5.74) is 3.66. The molecular formula is C15H14N4O2. The summed E-state index contributed by atoms with van der Waals surface area (Å²) >= 11 is 0. The first-order chi connectivity index (χ1) is 10.3. The summed E-state index contributed by atoms with van der Waals surface area (Å²) < 4.78 is 0. The second-order valence-corrected chi connectivity index (χ2v) is 4.12. The van der Waals surface area contributed by atoms with E-state index in [0.717, 1.165) is 5.56 Å². The average molecular weight is 282 g/mol. The summed E-state index contributed by atoms with van der Waals surface area (Å²) in [5.74, 6) is -0.701. The lowest BCUT2D eigenvalue weighted by Crippen LogP contribution is -2.34. The first-order valence-electron chi connectivity index (χ1n) is 6.31. The lowest BCUT2D eigenvalue weighted by Gasteiger charge is -2.03. The van der Waals surface area contributed by atoms with Gasteiger partial charge in [-0.3, -0.25) is 14.6 Å². The van der Waals surface area contributed by atoms with Gasteiger partial charge in [-0.15, -0.1) is 0 Å². The zero-order valence-corrected chi connectivity index (χ0v) is 11.2. The molecule has 1 heterocycles. The van der Waals surface area contributed by atoms with E-state index in [1.54, 1.807) is 48.8 Å². The summed E-state index contributed by atoms with van der Waals surface area (Å²) in [6, 6.07) is 12.2. The van der Waals surface area contributed by atoms with Crippen LogP contribution in [0.4, 0.5) is 0 Å². The van der Waals surface area contributed by atoms with Crippen LogP contribution in [-0.2, 0) is 4.79 Å². The van der Waals surface area contributed by atoms with Gasteiger partial charge in [-0.25, -0.2) is 5.43 Å². The standard InChI is InChI=1S/C15H14N4O2/c20-14(19-18-10-12-6-8-16-9-7-12)11-17-15(21)13-4-2-1-3-5-13/h1-10H,11H2,(H,17,21)(H,19,20). The molecule has 0 aliphatic carbocycles. The minimum atomic E-state index is -0.399. The number of hydrazone groups is 1. The van der Waals surface area contributed by atoms with Crippen LogP contribution in [0.2, 0.25) is 0 Å². The number of aromatic nitrogens is 1. The Labute approximate surface area is 121 Å². The van der Waals surface area contributed by atoms with Crippen LogP contribution in [0.1, 0.15) is 15.9 Å². The summed E-state index contributed by atoms with van der Waals surface area (Å²) in [6.45, 7) is -0.137. The van der Waals surface area contributed by atoms with E-state index in [1.807, 2.05) is 6.07 Å². The second-order valence-electron chi connectivity index (χ2n) is 4.12. The van der Waals surface area contributed by atoms with Crippen LogP contribution < -0.4 is 10.7 Å². The number of carbonyl (C=O) groups is 2. The predicted molar refractivity (Wildman–Crippen MR) is 78.7 cm³/mol. The van der Waals surface area contributed by atoms with Crippen molar-refractivity contribution in [2.75, 3.05) is 6.54 Å². The molecule has 0 atom stereocenters. The van der Waals surface area contributed by atoms with E-state index in [4.69, 9.17) is 0 Å². The number of amides is 2. The third-order valence-electron chi connectivity index (χ3n) is 2.55. The fourth-order valence-electron chi connectivity index (χ4n) is 1.52. The first-order valence-corrected chi connectivity index (χ1v) is 6.31. The van der Waals surface area contributed by atoms with Crippen LogP contribution in [-0.4, -0.2) is 29.6 Å². The smallest absolute Gasteiger partial charge is 0.259 e. The van der Waals surface area contributed by atoms with Gasteiger partial charge >= 0.3 is 0 Å². The predicted octanol–water partition coefficient (Wildman–Crippen LogP) is 0.962. The molecule has 2 rings (SSSR count). The van der Waals surface area contributed by atoms with E-state index in [1.165, 1.54) is 6.21 Å². The fraction of sp³-hybridized carbons (Fsp3) is 0.0667. The maximum Gasteiger partial charge on any atom is 0.259 e. The van der Waals surface area contributed by atoms with Gasteiger partial charge in [0, 0.05) is 18.0 Å². The second kappa shape index (κ2) is 7.54. The van der Waals surface area contributed by atoms with Gasteiger partial charge in [-0.2, -0.15) is 5.10 Å². The molecule has 0 spiro atoms. The van der Waals surface area contributed by atoms with Gasteiger partial charge in [0.05, 0.1) is 12.8 Å². The largest absolute Gasteiger partial charge is 0.343 e. The Kier molecular flexibility index (Phi) is 5.17. The van der Waals surface area contributed by atoms with Gasteiger partial charge in [-0.05, 0) is 29.8 Å². The number of hydrogen-bond acceptors (Lipinski definition) is 4. The summed E-state index contributed by atoms with van der Waals surface area (Å²) in [7, 11) is 0. The van der Waals surface area contributed by atoms with E-state index >= 15 is 0 Å². The van der Waals surface area contributed by atoms with E-state index < -0.39 is 5.91 Å². The molecule has 106 valence electrons. The minimum absolute atomic E-state index is 0.137. The molecule has 2 aromatic rings. The molecule has 21 heavy (non-hydrogen) atoms. The number of rotatable bonds is 5. The van der Waals surface area contributed by atoms with Gasteiger partial charge in [-0.1, -0.05) is 18.2 Å². The lowest BCUT2D eigenvalue weighted by molar-refractivity contribution is -0.120. The Morgan fingerprint density at radius 3 is 2.52 bits per heavy atom. The van der Waals surface area contributed by atoms with Crippen LogP contribution in [0.15, 0.2) is 60.0 Å². The third-order valence-corrected chi connectivity index (χ3v) is 2.55.